The number of benzene rings is 2. The Balaban J connectivity index is 1.74. The van der Waals surface area contributed by atoms with Crippen molar-refractivity contribution < 1.29 is 14.1 Å². The lowest BCUT2D eigenvalue weighted by Gasteiger charge is -2.11. The molecule has 0 aliphatic carbocycles. The first-order valence-electron chi connectivity index (χ1n) is 8.49. The number of non-ortho nitro benzene ring substituents is 1. The molecular formula is C19H17FN4O3S. The van der Waals surface area contributed by atoms with Crippen LogP contribution < -0.4 is 5.32 Å². The Morgan fingerprint density at radius 3 is 2.79 bits per heavy atom. The van der Waals surface area contributed by atoms with Crippen molar-refractivity contribution in [2.45, 2.75) is 22.8 Å². The number of hydrogen-bond acceptors (Lipinski definition) is 5. The van der Waals surface area contributed by atoms with Gasteiger partial charge in [-0.05, 0) is 24.6 Å². The molecule has 3 rings (SSSR count). The Labute approximate surface area is 164 Å². The van der Waals surface area contributed by atoms with Crippen LogP contribution >= 0.6 is 11.8 Å². The third-order valence-electron chi connectivity index (χ3n) is 3.91. The fourth-order valence-corrected chi connectivity index (χ4v) is 3.47. The summed E-state index contributed by atoms with van der Waals surface area (Å²) in [7, 11) is 0. The predicted molar refractivity (Wildman–Crippen MR) is 103 cm³/mol. The van der Waals surface area contributed by atoms with Crippen LogP contribution in [0.1, 0.15) is 16.8 Å². The van der Waals surface area contributed by atoms with Crippen LogP contribution in [0.2, 0.25) is 0 Å². The Kier molecular flexibility index (Phi) is 6.38. The summed E-state index contributed by atoms with van der Waals surface area (Å²) < 4.78 is 15.8. The number of amides is 1. The second-order valence-corrected chi connectivity index (χ2v) is 6.96. The topological polar surface area (TPSA) is 90.1 Å². The Hall–Kier alpha value is -3.20. The SMILES string of the molecule is O=C(NCCCn1ccnc1)c1cc([N+](=O)[O-])ccc1Sc1ccccc1F. The molecule has 1 amide bonds. The van der Waals surface area contributed by atoms with Gasteiger partial charge in [-0.25, -0.2) is 9.37 Å². The Morgan fingerprint density at radius 2 is 2.07 bits per heavy atom. The highest BCUT2D eigenvalue weighted by Crippen LogP contribution is 2.34. The van der Waals surface area contributed by atoms with Gasteiger partial charge in [-0.15, -0.1) is 0 Å². The molecule has 0 fully saturated rings. The van der Waals surface area contributed by atoms with Crippen molar-refractivity contribution in [1.82, 2.24) is 14.9 Å². The molecule has 0 aliphatic heterocycles. The molecule has 9 heteroatoms. The number of aromatic nitrogens is 2. The first-order chi connectivity index (χ1) is 13.5. The van der Waals surface area contributed by atoms with E-state index in [0.29, 0.717) is 29.3 Å². The molecule has 0 saturated carbocycles. The first-order valence-corrected chi connectivity index (χ1v) is 9.31. The summed E-state index contributed by atoms with van der Waals surface area (Å²) in [4.78, 5) is 27.9. The van der Waals surface area contributed by atoms with Crippen molar-refractivity contribution in [1.29, 1.82) is 0 Å². The number of nitrogens with zero attached hydrogens (tertiary/aromatic N) is 3. The molecule has 0 atom stereocenters. The van der Waals surface area contributed by atoms with Crippen molar-refractivity contribution in [2.24, 2.45) is 0 Å². The maximum Gasteiger partial charge on any atom is 0.270 e. The summed E-state index contributed by atoms with van der Waals surface area (Å²) in [6, 6.07) is 10.2. The van der Waals surface area contributed by atoms with Gasteiger partial charge in [0.05, 0.1) is 16.8 Å². The average molecular weight is 400 g/mol. The molecule has 28 heavy (non-hydrogen) atoms. The summed E-state index contributed by atoms with van der Waals surface area (Å²) in [5.41, 5.74) is -0.0495. The van der Waals surface area contributed by atoms with Crippen molar-refractivity contribution in [3.8, 4) is 0 Å². The smallest absolute Gasteiger partial charge is 0.270 e. The van der Waals surface area contributed by atoms with Gasteiger partial charge in [-0.1, -0.05) is 23.9 Å². The third kappa shape index (κ3) is 4.95. The van der Waals surface area contributed by atoms with Gasteiger partial charge in [-0.3, -0.25) is 14.9 Å². The monoisotopic (exact) mass is 400 g/mol. The van der Waals surface area contributed by atoms with Crippen molar-refractivity contribution in [3.63, 3.8) is 0 Å². The van der Waals surface area contributed by atoms with Gasteiger partial charge in [0.25, 0.3) is 11.6 Å². The number of aryl methyl sites for hydroxylation is 1. The van der Waals surface area contributed by atoms with Gasteiger partial charge in [0.1, 0.15) is 5.82 Å². The second kappa shape index (κ2) is 9.14. The summed E-state index contributed by atoms with van der Waals surface area (Å²) in [6.45, 7) is 1.08. The number of nitrogens with one attached hydrogen (secondary N) is 1. The zero-order valence-corrected chi connectivity index (χ0v) is 15.6. The molecule has 0 saturated heterocycles. The van der Waals surface area contributed by atoms with E-state index in [2.05, 4.69) is 10.3 Å². The van der Waals surface area contributed by atoms with Gasteiger partial charge in [0.15, 0.2) is 0 Å². The van der Waals surface area contributed by atoms with E-state index in [9.17, 15) is 19.3 Å². The van der Waals surface area contributed by atoms with Crippen LogP contribution in [0.3, 0.4) is 0 Å². The minimum absolute atomic E-state index is 0.144. The number of nitro benzene ring substituents is 1. The molecule has 1 heterocycles. The molecule has 0 radical (unpaired) electrons. The van der Waals surface area contributed by atoms with E-state index in [-0.39, 0.29) is 11.3 Å². The first kappa shape index (κ1) is 19.6. The lowest BCUT2D eigenvalue weighted by atomic mass is 10.2. The molecule has 1 aromatic heterocycles. The number of carbonyl (C=O) groups excluding carboxylic acids is 1. The van der Waals surface area contributed by atoms with Gasteiger partial charge >= 0.3 is 0 Å². The number of hydrogen-bond donors (Lipinski definition) is 1. The molecule has 144 valence electrons. The number of rotatable bonds is 8. The highest BCUT2D eigenvalue weighted by molar-refractivity contribution is 7.99. The van der Waals surface area contributed by atoms with E-state index in [1.807, 2.05) is 10.8 Å². The van der Waals surface area contributed by atoms with Gasteiger partial charge < -0.3 is 9.88 Å². The van der Waals surface area contributed by atoms with Crippen LogP contribution in [0.25, 0.3) is 0 Å². The lowest BCUT2D eigenvalue weighted by molar-refractivity contribution is -0.384. The summed E-state index contributed by atoms with van der Waals surface area (Å²) in [6.07, 6.45) is 5.86. The van der Waals surface area contributed by atoms with Crippen molar-refractivity contribution in [2.75, 3.05) is 6.54 Å². The van der Waals surface area contributed by atoms with Crippen LogP contribution in [-0.2, 0) is 6.54 Å². The number of imidazole rings is 1. The molecule has 0 bridgehead atoms. The van der Waals surface area contributed by atoms with Crippen LogP contribution in [0.15, 0.2) is 71.0 Å². The zero-order chi connectivity index (χ0) is 19.9. The Morgan fingerprint density at radius 1 is 1.25 bits per heavy atom. The zero-order valence-electron chi connectivity index (χ0n) is 14.7. The molecule has 2 aromatic carbocycles. The molecule has 3 aromatic rings. The molecule has 1 N–H and O–H groups in total. The van der Waals surface area contributed by atoms with E-state index in [4.69, 9.17) is 0 Å². The quantitative estimate of drug-likeness (QED) is 0.352. The van der Waals surface area contributed by atoms with Gasteiger partial charge in [-0.2, -0.15) is 0 Å². The van der Waals surface area contributed by atoms with Crippen molar-refractivity contribution in [3.05, 3.63) is 82.7 Å². The van der Waals surface area contributed by atoms with Crippen LogP contribution in [-0.4, -0.2) is 26.9 Å². The fourth-order valence-electron chi connectivity index (χ4n) is 2.52. The second-order valence-electron chi connectivity index (χ2n) is 5.88. The standard InChI is InChI=1S/C19H17FN4O3S/c20-16-4-1-2-5-18(16)28-17-7-6-14(24(26)27)12-15(17)19(25)22-8-3-10-23-11-9-21-13-23/h1-2,4-7,9,11-13H,3,8,10H2,(H,22,25). The van der Waals surface area contributed by atoms with Gasteiger partial charge in [0, 0.05) is 47.4 Å². The van der Waals surface area contributed by atoms with Crippen LogP contribution in [0, 0.1) is 15.9 Å². The molecule has 0 unspecified atom stereocenters. The number of halogens is 1. The van der Waals surface area contributed by atoms with Crippen LogP contribution in [0.5, 0.6) is 0 Å². The predicted octanol–water partition coefficient (Wildman–Crippen LogP) is 3.90. The number of carbonyl (C=O) groups is 1. The fraction of sp³-hybridized carbons (Fsp3) is 0.158. The van der Waals surface area contributed by atoms with E-state index >= 15 is 0 Å². The van der Waals surface area contributed by atoms with E-state index in [1.54, 1.807) is 30.7 Å². The van der Waals surface area contributed by atoms with Crippen molar-refractivity contribution >= 4 is 23.4 Å². The average Bonchev–Trinajstić information content (AvgIpc) is 3.20. The normalized spacial score (nSPS) is 10.6. The third-order valence-corrected chi connectivity index (χ3v) is 5.04. The summed E-state index contributed by atoms with van der Waals surface area (Å²) >= 11 is 1.06. The van der Waals surface area contributed by atoms with E-state index in [1.165, 1.54) is 24.3 Å². The maximum absolute atomic E-state index is 14.0. The molecular weight excluding hydrogens is 383 g/mol. The molecule has 0 spiro atoms. The highest BCUT2D eigenvalue weighted by Gasteiger charge is 2.18. The Bertz CT molecular complexity index is 979. The lowest BCUT2D eigenvalue weighted by Crippen LogP contribution is -2.25. The molecule has 0 aliphatic rings. The van der Waals surface area contributed by atoms with E-state index in [0.717, 1.165) is 11.8 Å². The van der Waals surface area contributed by atoms with E-state index < -0.39 is 16.6 Å². The maximum atomic E-state index is 14.0. The summed E-state index contributed by atoms with van der Waals surface area (Å²) in [5.74, 6) is -0.856. The van der Waals surface area contributed by atoms with Gasteiger partial charge in [0.2, 0.25) is 0 Å². The van der Waals surface area contributed by atoms with Crippen LogP contribution in [0.4, 0.5) is 10.1 Å². The highest BCUT2D eigenvalue weighted by atomic mass is 32.2. The number of nitro groups is 1. The minimum atomic E-state index is -0.562. The minimum Gasteiger partial charge on any atom is -0.352 e. The summed E-state index contributed by atoms with van der Waals surface area (Å²) in [5, 5.41) is 13.9. The molecule has 7 nitrogen and oxygen atoms in total. The largest absolute Gasteiger partial charge is 0.352 e.